The van der Waals surface area contributed by atoms with Crippen molar-refractivity contribution in [1.82, 2.24) is 0 Å². The molecule has 16 heavy (non-hydrogen) atoms. The quantitative estimate of drug-likeness (QED) is 0.489. The van der Waals surface area contributed by atoms with Crippen LogP contribution < -0.4 is 0 Å². The summed E-state index contributed by atoms with van der Waals surface area (Å²) in [6.45, 7) is 6.31. The van der Waals surface area contributed by atoms with Gasteiger partial charge in [0.1, 0.15) is 6.10 Å². The molecule has 0 spiro atoms. The topological polar surface area (TPSA) is 46.5 Å². The van der Waals surface area contributed by atoms with Gasteiger partial charge in [-0.3, -0.25) is 4.79 Å². The molecule has 0 fully saturated rings. The highest BCUT2D eigenvalue weighted by Gasteiger charge is 2.08. The van der Waals surface area contributed by atoms with Crippen molar-refractivity contribution in [2.75, 3.05) is 6.61 Å². The Morgan fingerprint density at radius 1 is 1.12 bits per heavy atom. The molecular formula is C13H26O3. The number of ether oxygens (including phenoxy) is 1. The Bertz CT molecular complexity index is 178. The first kappa shape index (κ1) is 15.4. The van der Waals surface area contributed by atoms with E-state index in [1.54, 1.807) is 0 Å². The van der Waals surface area contributed by atoms with Gasteiger partial charge in [0.15, 0.2) is 0 Å². The molecule has 1 unspecified atom stereocenters. The van der Waals surface area contributed by atoms with Gasteiger partial charge in [-0.05, 0) is 19.3 Å². The van der Waals surface area contributed by atoms with Crippen LogP contribution in [0, 0.1) is 5.92 Å². The Labute approximate surface area is 99.2 Å². The third kappa shape index (κ3) is 9.97. The Balaban J connectivity index is 3.36. The number of aliphatic hydroxyl groups excluding tert-OH is 1. The summed E-state index contributed by atoms with van der Waals surface area (Å²) >= 11 is 0. The van der Waals surface area contributed by atoms with Crippen LogP contribution in [0.2, 0.25) is 0 Å². The lowest BCUT2D eigenvalue weighted by Crippen LogP contribution is -2.15. The van der Waals surface area contributed by atoms with Crippen LogP contribution in [0.1, 0.15) is 59.3 Å². The van der Waals surface area contributed by atoms with E-state index in [0.29, 0.717) is 12.8 Å². The van der Waals surface area contributed by atoms with Crippen molar-refractivity contribution in [3.63, 3.8) is 0 Å². The zero-order chi connectivity index (χ0) is 12.4. The zero-order valence-electron chi connectivity index (χ0n) is 10.9. The lowest BCUT2D eigenvalue weighted by molar-refractivity contribution is -0.148. The highest BCUT2D eigenvalue weighted by molar-refractivity contribution is 5.69. The van der Waals surface area contributed by atoms with Crippen molar-refractivity contribution in [2.45, 2.75) is 65.4 Å². The summed E-state index contributed by atoms with van der Waals surface area (Å²) in [4.78, 5) is 11.3. The molecule has 3 nitrogen and oxygen atoms in total. The molecule has 0 amide bonds. The van der Waals surface area contributed by atoms with E-state index in [1.807, 2.05) is 6.92 Å². The number of rotatable bonds is 9. The maximum atomic E-state index is 11.3. The van der Waals surface area contributed by atoms with Gasteiger partial charge in [0.25, 0.3) is 0 Å². The number of hydrogen-bond acceptors (Lipinski definition) is 3. The zero-order valence-corrected chi connectivity index (χ0v) is 10.9. The first-order valence-electron chi connectivity index (χ1n) is 6.36. The number of carbonyl (C=O) groups excluding carboxylic acids is 1. The smallest absolute Gasteiger partial charge is 0.306 e. The van der Waals surface area contributed by atoms with Crippen LogP contribution in [-0.4, -0.2) is 23.8 Å². The van der Waals surface area contributed by atoms with Gasteiger partial charge in [0, 0.05) is 19.4 Å². The average Bonchev–Trinajstić information content (AvgIpc) is 2.16. The van der Waals surface area contributed by atoms with Gasteiger partial charge in [0.05, 0.1) is 0 Å². The molecule has 0 aromatic heterocycles. The van der Waals surface area contributed by atoms with Crippen LogP contribution in [0.4, 0.5) is 0 Å². The molecule has 1 N–H and O–H groups in total. The SMILES string of the molecule is CC(C)CCCCCC(=O)OC(C)CCO. The molecule has 0 rings (SSSR count). The lowest BCUT2D eigenvalue weighted by atomic mass is 10.0. The van der Waals surface area contributed by atoms with E-state index in [-0.39, 0.29) is 18.7 Å². The molecule has 96 valence electrons. The number of esters is 1. The minimum atomic E-state index is -0.159. The fourth-order valence-corrected chi connectivity index (χ4v) is 1.52. The van der Waals surface area contributed by atoms with E-state index in [4.69, 9.17) is 9.84 Å². The molecule has 1 atom stereocenters. The van der Waals surface area contributed by atoms with E-state index in [0.717, 1.165) is 18.8 Å². The molecule has 0 aromatic rings. The first-order valence-corrected chi connectivity index (χ1v) is 6.36. The average molecular weight is 230 g/mol. The monoisotopic (exact) mass is 230 g/mol. The molecular weight excluding hydrogens is 204 g/mol. The van der Waals surface area contributed by atoms with Gasteiger partial charge in [-0.1, -0.05) is 33.1 Å². The second-order valence-electron chi connectivity index (χ2n) is 4.81. The second-order valence-corrected chi connectivity index (χ2v) is 4.81. The summed E-state index contributed by atoms with van der Waals surface area (Å²) < 4.78 is 5.12. The Morgan fingerprint density at radius 2 is 1.81 bits per heavy atom. The molecule has 0 aromatic carbocycles. The highest BCUT2D eigenvalue weighted by atomic mass is 16.5. The standard InChI is InChI=1S/C13H26O3/c1-11(2)7-5-4-6-8-13(15)16-12(3)9-10-14/h11-12,14H,4-10H2,1-3H3. The summed E-state index contributed by atoms with van der Waals surface area (Å²) in [6.07, 6.45) is 5.31. The fourth-order valence-electron chi connectivity index (χ4n) is 1.52. The predicted octanol–water partition coefficient (Wildman–Crippen LogP) is 2.91. The number of unbranched alkanes of at least 4 members (excludes halogenated alkanes) is 2. The maximum absolute atomic E-state index is 11.3. The van der Waals surface area contributed by atoms with Crippen molar-refractivity contribution in [3.8, 4) is 0 Å². The van der Waals surface area contributed by atoms with Crippen LogP contribution in [0.25, 0.3) is 0 Å². The van der Waals surface area contributed by atoms with E-state index in [9.17, 15) is 4.79 Å². The second kappa shape index (κ2) is 9.64. The predicted molar refractivity (Wildman–Crippen MR) is 65.2 cm³/mol. The largest absolute Gasteiger partial charge is 0.463 e. The Kier molecular flexibility index (Phi) is 9.30. The molecule has 0 bridgehead atoms. The number of aliphatic hydroxyl groups is 1. The Hall–Kier alpha value is -0.570. The van der Waals surface area contributed by atoms with Crippen LogP contribution in [-0.2, 0) is 9.53 Å². The molecule has 0 aliphatic rings. The highest BCUT2D eigenvalue weighted by Crippen LogP contribution is 2.10. The van der Waals surface area contributed by atoms with Crippen molar-refractivity contribution >= 4 is 5.97 Å². The normalized spacial score (nSPS) is 12.8. The van der Waals surface area contributed by atoms with Gasteiger partial charge < -0.3 is 9.84 Å². The third-order valence-electron chi connectivity index (χ3n) is 2.53. The van der Waals surface area contributed by atoms with E-state index >= 15 is 0 Å². The van der Waals surface area contributed by atoms with E-state index < -0.39 is 0 Å². The summed E-state index contributed by atoms with van der Waals surface area (Å²) in [5.41, 5.74) is 0. The summed E-state index contributed by atoms with van der Waals surface area (Å²) in [7, 11) is 0. The lowest BCUT2D eigenvalue weighted by Gasteiger charge is -2.11. The van der Waals surface area contributed by atoms with Crippen LogP contribution in [0.15, 0.2) is 0 Å². The van der Waals surface area contributed by atoms with Crippen molar-refractivity contribution in [1.29, 1.82) is 0 Å². The third-order valence-corrected chi connectivity index (χ3v) is 2.53. The first-order chi connectivity index (χ1) is 7.56. The van der Waals surface area contributed by atoms with E-state index in [1.165, 1.54) is 12.8 Å². The van der Waals surface area contributed by atoms with Crippen molar-refractivity contribution in [2.24, 2.45) is 5.92 Å². The van der Waals surface area contributed by atoms with Crippen molar-refractivity contribution < 1.29 is 14.6 Å². The molecule has 0 heterocycles. The minimum absolute atomic E-state index is 0.0723. The van der Waals surface area contributed by atoms with Gasteiger partial charge in [-0.25, -0.2) is 0 Å². The summed E-state index contributed by atoms with van der Waals surface area (Å²) in [5.74, 6) is 0.613. The summed E-state index contributed by atoms with van der Waals surface area (Å²) in [5, 5.41) is 8.66. The van der Waals surface area contributed by atoms with Crippen molar-refractivity contribution in [3.05, 3.63) is 0 Å². The molecule has 0 radical (unpaired) electrons. The fraction of sp³-hybridized carbons (Fsp3) is 0.923. The van der Waals surface area contributed by atoms with Gasteiger partial charge in [0.2, 0.25) is 0 Å². The molecule has 0 aliphatic carbocycles. The number of hydrogen-bond donors (Lipinski definition) is 1. The van der Waals surface area contributed by atoms with Crippen LogP contribution in [0.5, 0.6) is 0 Å². The Morgan fingerprint density at radius 3 is 2.38 bits per heavy atom. The van der Waals surface area contributed by atoms with Crippen LogP contribution >= 0.6 is 0 Å². The van der Waals surface area contributed by atoms with Gasteiger partial charge in [-0.15, -0.1) is 0 Å². The maximum Gasteiger partial charge on any atom is 0.306 e. The molecule has 3 heteroatoms. The number of carbonyl (C=O) groups is 1. The molecule has 0 aliphatic heterocycles. The van der Waals surface area contributed by atoms with Crippen LogP contribution in [0.3, 0.4) is 0 Å². The summed E-state index contributed by atoms with van der Waals surface area (Å²) in [6, 6.07) is 0. The molecule has 0 saturated carbocycles. The molecule has 0 saturated heterocycles. The minimum Gasteiger partial charge on any atom is -0.463 e. The van der Waals surface area contributed by atoms with Gasteiger partial charge in [-0.2, -0.15) is 0 Å². The van der Waals surface area contributed by atoms with Gasteiger partial charge >= 0.3 is 5.97 Å². The van der Waals surface area contributed by atoms with E-state index in [2.05, 4.69) is 13.8 Å².